The van der Waals surface area contributed by atoms with Gasteiger partial charge in [0.1, 0.15) is 6.04 Å². The molecule has 76 valence electrons. The van der Waals surface area contributed by atoms with Crippen molar-refractivity contribution in [3.8, 4) is 11.5 Å². The third-order valence-electron chi connectivity index (χ3n) is 1.73. The van der Waals surface area contributed by atoms with Crippen LogP contribution in [-0.2, 0) is 4.79 Å². The van der Waals surface area contributed by atoms with Crippen molar-refractivity contribution in [1.82, 2.24) is 0 Å². The van der Waals surface area contributed by atoms with Gasteiger partial charge >= 0.3 is 5.97 Å². The van der Waals surface area contributed by atoms with Crippen molar-refractivity contribution in [3.63, 3.8) is 0 Å². The highest BCUT2D eigenvalue weighted by Gasteiger charge is 2.21. The minimum Gasteiger partial charge on any atom is -0.504 e. The Labute approximate surface area is 78.2 Å². The van der Waals surface area contributed by atoms with E-state index in [1.165, 1.54) is 0 Å². The summed E-state index contributed by atoms with van der Waals surface area (Å²) < 4.78 is 13.1. The molecule has 0 aliphatic rings. The highest BCUT2D eigenvalue weighted by atomic mass is 19.1. The fourth-order valence-corrected chi connectivity index (χ4v) is 0.943. The van der Waals surface area contributed by atoms with Crippen LogP contribution in [0, 0.1) is 5.82 Å². The van der Waals surface area contributed by atoms with Crippen molar-refractivity contribution in [2.45, 2.75) is 6.04 Å². The van der Waals surface area contributed by atoms with E-state index >= 15 is 0 Å². The summed E-state index contributed by atoms with van der Waals surface area (Å²) in [5, 5.41) is 26.3. The van der Waals surface area contributed by atoms with Gasteiger partial charge in [-0.3, -0.25) is 4.79 Å². The summed E-state index contributed by atoms with van der Waals surface area (Å²) in [6.45, 7) is 0. The SMILES string of the molecule is NC(C(=O)O)c1ccc(O)c(O)c1F. The van der Waals surface area contributed by atoms with Gasteiger partial charge in [0.2, 0.25) is 0 Å². The minimum atomic E-state index is -1.57. The Kier molecular flexibility index (Phi) is 2.57. The molecule has 0 fully saturated rings. The van der Waals surface area contributed by atoms with E-state index in [4.69, 9.17) is 21.1 Å². The van der Waals surface area contributed by atoms with Crippen LogP contribution in [0.4, 0.5) is 4.39 Å². The average molecular weight is 201 g/mol. The van der Waals surface area contributed by atoms with Crippen molar-refractivity contribution >= 4 is 5.97 Å². The number of hydrogen-bond donors (Lipinski definition) is 4. The van der Waals surface area contributed by atoms with E-state index < -0.39 is 29.3 Å². The van der Waals surface area contributed by atoms with Crippen LogP contribution in [0.25, 0.3) is 0 Å². The third-order valence-corrected chi connectivity index (χ3v) is 1.73. The Bertz CT molecular complexity index is 380. The summed E-state index contributed by atoms with van der Waals surface area (Å²) in [5.41, 5.74) is 4.74. The molecule has 0 radical (unpaired) electrons. The molecule has 14 heavy (non-hydrogen) atoms. The number of carboxylic acids is 1. The molecule has 0 spiro atoms. The maximum Gasteiger partial charge on any atom is 0.325 e. The largest absolute Gasteiger partial charge is 0.504 e. The number of carboxylic acid groups (broad SMARTS) is 1. The molecule has 0 aliphatic carbocycles. The predicted octanol–water partition coefficient (Wildman–Crippen LogP) is 0.321. The van der Waals surface area contributed by atoms with Gasteiger partial charge in [0, 0.05) is 5.56 Å². The fourth-order valence-electron chi connectivity index (χ4n) is 0.943. The number of carbonyl (C=O) groups is 1. The zero-order chi connectivity index (χ0) is 10.9. The average Bonchev–Trinajstić information content (AvgIpc) is 2.13. The van der Waals surface area contributed by atoms with Crippen molar-refractivity contribution in [2.24, 2.45) is 5.73 Å². The van der Waals surface area contributed by atoms with Gasteiger partial charge in [-0.25, -0.2) is 4.39 Å². The number of hydrogen-bond acceptors (Lipinski definition) is 4. The van der Waals surface area contributed by atoms with Crippen LogP contribution in [0.2, 0.25) is 0 Å². The second kappa shape index (κ2) is 3.51. The zero-order valence-corrected chi connectivity index (χ0v) is 6.94. The van der Waals surface area contributed by atoms with Gasteiger partial charge in [0.25, 0.3) is 0 Å². The second-order valence-corrected chi connectivity index (χ2v) is 2.65. The molecular formula is C8H8FNO4. The lowest BCUT2D eigenvalue weighted by Crippen LogP contribution is -2.21. The Balaban J connectivity index is 3.24. The summed E-state index contributed by atoms with van der Waals surface area (Å²) in [4.78, 5) is 10.4. The lowest BCUT2D eigenvalue weighted by molar-refractivity contribution is -0.138. The van der Waals surface area contributed by atoms with E-state index in [2.05, 4.69) is 0 Å². The molecule has 1 aromatic carbocycles. The number of aliphatic carboxylic acids is 1. The van der Waals surface area contributed by atoms with Crippen LogP contribution >= 0.6 is 0 Å². The molecular weight excluding hydrogens is 193 g/mol. The maximum absolute atomic E-state index is 13.1. The molecule has 5 nitrogen and oxygen atoms in total. The molecule has 5 N–H and O–H groups in total. The van der Waals surface area contributed by atoms with Gasteiger partial charge in [0.15, 0.2) is 17.3 Å². The van der Waals surface area contributed by atoms with E-state index in [-0.39, 0.29) is 5.56 Å². The minimum absolute atomic E-state index is 0.382. The molecule has 1 rings (SSSR count). The smallest absolute Gasteiger partial charge is 0.325 e. The first-order chi connectivity index (χ1) is 6.45. The van der Waals surface area contributed by atoms with Gasteiger partial charge in [0.05, 0.1) is 0 Å². The van der Waals surface area contributed by atoms with E-state index in [1.54, 1.807) is 0 Å². The first-order valence-electron chi connectivity index (χ1n) is 3.64. The van der Waals surface area contributed by atoms with Crippen LogP contribution < -0.4 is 5.73 Å². The lowest BCUT2D eigenvalue weighted by atomic mass is 10.1. The normalized spacial score (nSPS) is 12.4. The molecule has 6 heteroatoms. The molecule has 1 aromatic rings. The van der Waals surface area contributed by atoms with Gasteiger partial charge < -0.3 is 21.1 Å². The van der Waals surface area contributed by atoms with Crippen LogP contribution in [0.1, 0.15) is 11.6 Å². The summed E-state index contributed by atoms with van der Waals surface area (Å²) in [6.07, 6.45) is 0. The highest BCUT2D eigenvalue weighted by Crippen LogP contribution is 2.31. The molecule has 1 unspecified atom stereocenters. The van der Waals surface area contributed by atoms with Crippen LogP contribution in [0.3, 0.4) is 0 Å². The number of aromatic hydroxyl groups is 2. The summed E-state index contributed by atoms with van der Waals surface area (Å²) in [7, 11) is 0. The van der Waals surface area contributed by atoms with Gasteiger partial charge in [-0.15, -0.1) is 0 Å². The van der Waals surface area contributed by atoms with Crippen molar-refractivity contribution in [1.29, 1.82) is 0 Å². The van der Waals surface area contributed by atoms with Crippen molar-refractivity contribution in [2.75, 3.05) is 0 Å². The number of rotatable bonds is 2. The van der Waals surface area contributed by atoms with Crippen molar-refractivity contribution in [3.05, 3.63) is 23.5 Å². The van der Waals surface area contributed by atoms with E-state index in [0.717, 1.165) is 12.1 Å². The summed E-state index contributed by atoms with van der Waals surface area (Å²) in [6, 6.07) is 0.404. The van der Waals surface area contributed by atoms with E-state index in [9.17, 15) is 9.18 Å². The van der Waals surface area contributed by atoms with Gasteiger partial charge in [-0.2, -0.15) is 0 Å². The van der Waals surface area contributed by atoms with Gasteiger partial charge in [-0.05, 0) is 12.1 Å². The Morgan fingerprint density at radius 1 is 1.43 bits per heavy atom. The predicted molar refractivity (Wildman–Crippen MR) is 44.3 cm³/mol. The Morgan fingerprint density at radius 2 is 2.00 bits per heavy atom. The zero-order valence-electron chi connectivity index (χ0n) is 6.94. The molecule has 0 bridgehead atoms. The molecule has 0 heterocycles. The second-order valence-electron chi connectivity index (χ2n) is 2.65. The number of halogens is 1. The molecule has 0 amide bonds. The van der Waals surface area contributed by atoms with Crippen LogP contribution in [-0.4, -0.2) is 21.3 Å². The fraction of sp³-hybridized carbons (Fsp3) is 0.125. The first kappa shape index (κ1) is 10.3. The summed E-state index contributed by atoms with van der Waals surface area (Å²) in [5.74, 6) is -4.31. The quantitative estimate of drug-likeness (QED) is 0.516. The number of nitrogens with two attached hydrogens (primary N) is 1. The topological polar surface area (TPSA) is 104 Å². The number of benzene rings is 1. The number of phenols is 2. The standard InChI is InChI=1S/C8H8FNO4/c9-5-3(6(10)8(13)14)1-2-4(11)7(5)12/h1-2,6,11-12H,10H2,(H,13,14). The Hall–Kier alpha value is -1.82. The Morgan fingerprint density at radius 3 is 2.50 bits per heavy atom. The molecule has 1 atom stereocenters. The van der Waals surface area contributed by atoms with Crippen molar-refractivity contribution < 1.29 is 24.5 Å². The highest BCUT2D eigenvalue weighted by molar-refractivity contribution is 5.75. The molecule has 0 aromatic heterocycles. The molecule has 0 aliphatic heterocycles. The van der Waals surface area contributed by atoms with E-state index in [1.807, 2.05) is 0 Å². The van der Waals surface area contributed by atoms with Gasteiger partial charge in [-0.1, -0.05) is 0 Å². The first-order valence-corrected chi connectivity index (χ1v) is 3.64. The molecule has 0 saturated carbocycles. The third kappa shape index (κ3) is 1.60. The van der Waals surface area contributed by atoms with Crippen LogP contribution in [0.15, 0.2) is 12.1 Å². The lowest BCUT2D eigenvalue weighted by Gasteiger charge is -2.09. The monoisotopic (exact) mass is 201 g/mol. The molecule has 0 saturated heterocycles. The van der Waals surface area contributed by atoms with Crippen LogP contribution in [0.5, 0.6) is 11.5 Å². The summed E-state index contributed by atoms with van der Waals surface area (Å²) >= 11 is 0. The van der Waals surface area contributed by atoms with E-state index in [0.29, 0.717) is 0 Å². The maximum atomic E-state index is 13.1. The number of phenolic OH excluding ortho intramolecular Hbond substituents is 2.